The van der Waals surface area contributed by atoms with E-state index in [0.29, 0.717) is 6.42 Å². The van der Waals surface area contributed by atoms with Crippen LogP contribution in [0.3, 0.4) is 0 Å². The molecule has 0 saturated carbocycles. The van der Waals surface area contributed by atoms with Gasteiger partial charge in [0.2, 0.25) is 0 Å². The van der Waals surface area contributed by atoms with Gasteiger partial charge in [-0.05, 0) is 12.8 Å². The smallest absolute Gasteiger partial charge is 0.320 e. The first-order chi connectivity index (χ1) is 5.07. The minimum Gasteiger partial charge on any atom is -0.480 e. The quantitative estimate of drug-likeness (QED) is 0.449. The van der Waals surface area contributed by atoms with Crippen molar-refractivity contribution in [1.29, 1.82) is 0 Å². The van der Waals surface area contributed by atoms with Crippen molar-refractivity contribution in [3.05, 3.63) is 0 Å². The van der Waals surface area contributed by atoms with Crippen LogP contribution in [-0.4, -0.2) is 34.9 Å². The first kappa shape index (κ1) is 14.2. The van der Waals surface area contributed by atoms with Crippen molar-refractivity contribution in [2.45, 2.75) is 25.0 Å². The van der Waals surface area contributed by atoms with Crippen LogP contribution in [0.25, 0.3) is 0 Å². The maximum atomic E-state index is 10.2. The van der Waals surface area contributed by atoms with Crippen molar-refractivity contribution < 1.29 is 15.0 Å². The van der Waals surface area contributed by atoms with Gasteiger partial charge in [0.25, 0.3) is 0 Å². The Balaban J connectivity index is 0. The van der Waals surface area contributed by atoms with Crippen molar-refractivity contribution in [2.75, 3.05) is 6.54 Å². The van der Waals surface area contributed by atoms with Crippen molar-refractivity contribution >= 4 is 18.4 Å². The van der Waals surface area contributed by atoms with Gasteiger partial charge < -0.3 is 21.7 Å². The summed E-state index contributed by atoms with van der Waals surface area (Å²) >= 11 is 0. The summed E-state index contributed by atoms with van der Waals surface area (Å²) in [6.07, 6.45) is -0.0436. The molecule has 0 spiro atoms. The Morgan fingerprint density at radius 1 is 1.42 bits per heavy atom. The van der Waals surface area contributed by atoms with Crippen LogP contribution in [0.2, 0.25) is 0 Å². The Morgan fingerprint density at radius 2 is 1.92 bits per heavy atom. The zero-order chi connectivity index (χ0) is 8.85. The molecular formula is C6H15ClN2O3. The summed E-state index contributed by atoms with van der Waals surface area (Å²) in [5, 5.41) is 17.2. The molecule has 0 heterocycles. The van der Waals surface area contributed by atoms with Gasteiger partial charge in [0.05, 0.1) is 6.10 Å². The second-order valence-electron chi connectivity index (χ2n) is 2.41. The summed E-state index contributed by atoms with van der Waals surface area (Å²) in [5.74, 6) is -1.05. The van der Waals surface area contributed by atoms with E-state index in [9.17, 15) is 4.79 Å². The normalized spacial score (nSPS) is 14.6. The molecule has 0 bridgehead atoms. The number of hydrogen-bond donors (Lipinski definition) is 4. The van der Waals surface area contributed by atoms with E-state index in [0.717, 1.165) is 0 Å². The fourth-order valence-corrected chi connectivity index (χ4v) is 0.613. The molecule has 2 atom stereocenters. The highest BCUT2D eigenvalue weighted by molar-refractivity contribution is 5.85. The third kappa shape index (κ3) is 6.36. The van der Waals surface area contributed by atoms with E-state index in [1.54, 1.807) is 0 Å². The lowest BCUT2D eigenvalue weighted by molar-refractivity contribution is -0.138. The van der Waals surface area contributed by atoms with Gasteiger partial charge in [-0.3, -0.25) is 4.79 Å². The molecule has 0 aliphatic carbocycles. The molecule has 74 valence electrons. The summed E-state index contributed by atoms with van der Waals surface area (Å²) in [6, 6.07) is -0.892. The fourth-order valence-electron chi connectivity index (χ4n) is 0.613. The minimum atomic E-state index is -1.05. The van der Waals surface area contributed by atoms with Gasteiger partial charge in [0.15, 0.2) is 0 Å². The Bertz CT molecular complexity index is 134. The van der Waals surface area contributed by atoms with E-state index in [1.807, 2.05) is 0 Å². The van der Waals surface area contributed by atoms with Crippen LogP contribution in [-0.2, 0) is 4.79 Å². The Morgan fingerprint density at radius 3 is 2.25 bits per heavy atom. The van der Waals surface area contributed by atoms with Gasteiger partial charge in [0.1, 0.15) is 6.04 Å². The minimum absolute atomic E-state index is 0. The zero-order valence-corrected chi connectivity index (χ0v) is 7.46. The van der Waals surface area contributed by atoms with Crippen LogP contribution in [0.4, 0.5) is 0 Å². The average Bonchev–Trinajstić information content (AvgIpc) is 1.99. The number of aliphatic hydroxyl groups excluding tert-OH is 1. The van der Waals surface area contributed by atoms with Gasteiger partial charge in [-0.15, -0.1) is 12.4 Å². The number of carbonyl (C=O) groups is 1. The lowest BCUT2D eigenvalue weighted by Gasteiger charge is -2.09. The lowest BCUT2D eigenvalue weighted by Crippen LogP contribution is -2.32. The molecular weight excluding hydrogens is 184 g/mol. The monoisotopic (exact) mass is 198 g/mol. The second kappa shape index (κ2) is 7.30. The SMILES string of the molecule is Cl.NC[C@H](O)CC[C@@H](N)C(=O)O. The van der Waals surface area contributed by atoms with E-state index < -0.39 is 18.1 Å². The predicted molar refractivity (Wildman–Crippen MR) is 47.2 cm³/mol. The molecule has 0 aliphatic heterocycles. The summed E-state index contributed by atoms with van der Waals surface area (Å²) in [7, 11) is 0. The highest BCUT2D eigenvalue weighted by Crippen LogP contribution is 1.98. The predicted octanol–water partition coefficient (Wildman–Crippen LogP) is -1.08. The lowest BCUT2D eigenvalue weighted by atomic mass is 10.1. The second-order valence-corrected chi connectivity index (χ2v) is 2.41. The number of hydrogen-bond acceptors (Lipinski definition) is 4. The molecule has 6 heteroatoms. The average molecular weight is 199 g/mol. The Hall–Kier alpha value is -0.360. The van der Waals surface area contributed by atoms with E-state index in [-0.39, 0.29) is 25.4 Å². The standard InChI is InChI=1S/C6H14N2O3.ClH/c7-3-4(9)1-2-5(8)6(10)11;/h4-5,9H,1-3,7-8H2,(H,10,11);1H/t4-,5-;/m1./s1. The third-order valence-corrected chi connectivity index (χ3v) is 1.40. The van der Waals surface area contributed by atoms with Crippen LogP contribution >= 0.6 is 12.4 Å². The molecule has 0 unspecified atom stereocenters. The van der Waals surface area contributed by atoms with Crippen LogP contribution in [0.5, 0.6) is 0 Å². The zero-order valence-electron chi connectivity index (χ0n) is 6.64. The number of aliphatic hydroxyl groups is 1. The van der Waals surface area contributed by atoms with Crippen LogP contribution in [0.15, 0.2) is 0 Å². The maximum absolute atomic E-state index is 10.2. The van der Waals surface area contributed by atoms with Crippen molar-refractivity contribution in [3.8, 4) is 0 Å². The summed E-state index contributed by atoms with van der Waals surface area (Å²) in [4.78, 5) is 10.2. The van der Waals surface area contributed by atoms with Gasteiger partial charge in [-0.25, -0.2) is 0 Å². The Kier molecular flexibility index (Phi) is 8.62. The molecule has 0 aromatic heterocycles. The van der Waals surface area contributed by atoms with Gasteiger partial charge in [0, 0.05) is 6.54 Å². The number of aliphatic carboxylic acids is 1. The number of halogens is 1. The molecule has 0 aromatic carbocycles. The fraction of sp³-hybridized carbons (Fsp3) is 0.833. The molecule has 0 fully saturated rings. The van der Waals surface area contributed by atoms with E-state index >= 15 is 0 Å². The topological polar surface area (TPSA) is 110 Å². The maximum Gasteiger partial charge on any atom is 0.320 e. The number of rotatable bonds is 5. The Labute approximate surface area is 77.1 Å². The number of carboxylic acids is 1. The number of nitrogens with two attached hydrogens (primary N) is 2. The van der Waals surface area contributed by atoms with Gasteiger partial charge >= 0.3 is 5.97 Å². The van der Waals surface area contributed by atoms with Crippen LogP contribution in [0, 0.1) is 0 Å². The number of carboxylic acid groups (broad SMARTS) is 1. The highest BCUT2D eigenvalue weighted by atomic mass is 35.5. The molecule has 0 rings (SSSR count). The largest absolute Gasteiger partial charge is 0.480 e. The molecule has 12 heavy (non-hydrogen) atoms. The molecule has 0 radical (unpaired) electrons. The first-order valence-electron chi connectivity index (χ1n) is 3.44. The van der Waals surface area contributed by atoms with E-state index in [1.165, 1.54) is 0 Å². The van der Waals surface area contributed by atoms with E-state index in [4.69, 9.17) is 21.7 Å². The molecule has 0 saturated heterocycles. The van der Waals surface area contributed by atoms with E-state index in [2.05, 4.69) is 0 Å². The van der Waals surface area contributed by atoms with Gasteiger partial charge in [-0.1, -0.05) is 0 Å². The van der Waals surface area contributed by atoms with Crippen molar-refractivity contribution in [1.82, 2.24) is 0 Å². The molecule has 0 amide bonds. The van der Waals surface area contributed by atoms with Crippen molar-refractivity contribution in [3.63, 3.8) is 0 Å². The van der Waals surface area contributed by atoms with Crippen molar-refractivity contribution in [2.24, 2.45) is 11.5 Å². The van der Waals surface area contributed by atoms with Gasteiger partial charge in [-0.2, -0.15) is 0 Å². The first-order valence-corrected chi connectivity index (χ1v) is 3.44. The van der Waals surface area contributed by atoms with Crippen LogP contribution in [0.1, 0.15) is 12.8 Å². The molecule has 6 N–H and O–H groups in total. The summed E-state index contributed by atoms with van der Waals surface area (Å²) in [5.41, 5.74) is 10.3. The highest BCUT2D eigenvalue weighted by Gasteiger charge is 2.12. The molecule has 0 aliphatic rings. The van der Waals surface area contributed by atoms with Crippen LogP contribution < -0.4 is 11.5 Å². The molecule has 5 nitrogen and oxygen atoms in total. The summed E-state index contributed by atoms with van der Waals surface area (Å²) in [6.45, 7) is 0.145. The third-order valence-electron chi connectivity index (χ3n) is 1.40. The molecule has 0 aromatic rings. The summed E-state index contributed by atoms with van der Waals surface area (Å²) < 4.78 is 0.